The zero-order valence-electron chi connectivity index (χ0n) is 12.4. The van der Waals surface area contributed by atoms with Gasteiger partial charge < -0.3 is 10.1 Å². The van der Waals surface area contributed by atoms with E-state index in [0.29, 0.717) is 12.0 Å². The maximum absolute atomic E-state index is 5.99. The molecule has 0 aliphatic carbocycles. The van der Waals surface area contributed by atoms with Crippen molar-refractivity contribution in [3.8, 4) is 5.75 Å². The summed E-state index contributed by atoms with van der Waals surface area (Å²) in [5.74, 6) is 1.52. The summed E-state index contributed by atoms with van der Waals surface area (Å²) in [5, 5.41) is 3.27. The fourth-order valence-electron chi connectivity index (χ4n) is 2.00. The molecule has 0 heterocycles. The first-order valence-corrected chi connectivity index (χ1v) is 6.99. The molecule has 0 amide bonds. The Morgan fingerprint density at radius 2 is 1.72 bits per heavy atom. The Balaban J connectivity index is 2.49. The lowest BCUT2D eigenvalue weighted by atomic mass is 9.98. The molecular formula is C16H27NO. The number of benzene rings is 1. The van der Waals surface area contributed by atoms with Gasteiger partial charge in [-0.25, -0.2) is 0 Å². The first-order chi connectivity index (χ1) is 8.56. The summed E-state index contributed by atoms with van der Waals surface area (Å²) in [7, 11) is 2.01. The molecule has 2 heteroatoms. The third-order valence-electron chi connectivity index (χ3n) is 3.67. The molecule has 0 aliphatic rings. The minimum Gasteiger partial charge on any atom is -0.490 e. The molecule has 1 N–H and O–H groups in total. The Hall–Kier alpha value is -1.02. The van der Waals surface area contributed by atoms with Gasteiger partial charge in [-0.15, -0.1) is 0 Å². The average Bonchev–Trinajstić information content (AvgIpc) is 2.39. The maximum atomic E-state index is 5.99. The molecule has 1 rings (SSSR count). The molecule has 3 unspecified atom stereocenters. The quantitative estimate of drug-likeness (QED) is 0.796. The lowest BCUT2D eigenvalue weighted by Crippen LogP contribution is -2.30. The van der Waals surface area contributed by atoms with Crippen LogP contribution in [0, 0.1) is 5.92 Å². The van der Waals surface area contributed by atoms with E-state index in [0.717, 1.165) is 18.6 Å². The molecule has 1 aromatic rings. The Morgan fingerprint density at radius 3 is 2.22 bits per heavy atom. The van der Waals surface area contributed by atoms with E-state index < -0.39 is 0 Å². The molecule has 0 bridgehead atoms. The Bertz CT molecular complexity index is 333. The molecule has 3 atom stereocenters. The number of hydrogen-bond donors (Lipinski definition) is 1. The van der Waals surface area contributed by atoms with Crippen LogP contribution in [0.2, 0.25) is 0 Å². The van der Waals surface area contributed by atoms with E-state index in [1.54, 1.807) is 0 Å². The van der Waals surface area contributed by atoms with Gasteiger partial charge in [-0.2, -0.15) is 0 Å². The summed E-state index contributed by atoms with van der Waals surface area (Å²) in [5.41, 5.74) is 1.35. The highest BCUT2D eigenvalue weighted by molar-refractivity contribution is 5.27. The van der Waals surface area contributed by atoms with Crippen LogP contribution in [0.25, 0.3) is 0 Å². The van der Waals surface area contributed by atoms with Crippen molar-refractivity contribution in [2.24, 2.45) is 5.92 Å². The highest BCUT2D eigenvalue weighted by Gasteiger charge is 2.16. The predicted octanol–water partition coefficient (Wildman–Crippen LogP) is 3.65. The van der Waals surface area contributed by atoms with Crippen molar-refractivity contribution < 1.29 is 4.74 Å². The molecule has 2 nitrogen and oxygen atoms in total. The number of ether oxygens (including phenoxy) is 1. The highest BCUT2D eigenvalue weighted by Crippen LogP contribution is 2.19. The van der Waals surface area contributed by atoms with Crippen molar-refractivity contribution in [3.05, 3.63) is 29.8 Å². The van der Waals surface area contributed by atoms with Crippen LogP contribution in [0.15, 0.2) is 24.3 Å². The molecule has 0 aromatic heterocycles. The van der Waals surface area contributed by atoms with Gasteiger partial charge in [0.2, 0.25) is 0 Å². The maximum Gasteiger partial charge on any atom is 0.119 e. The normalized spacial score (nSPS) is 16.1. The topological polar surface area (TPSA) is 21.3 Å². The lowest BCUT2D eigenvalue weighted by Gasteiger charge is -2.24. The van der Waals surface area contributed by atoms with Crippen molar-refractivity contribution in [2.45, 2.75) is 52.7 Å². The van der Waals surface area contributed by atoms with Gasteiger partial charge in [0, 0.05) is 6.04 Å². The van der Waals surface area contributed by atoms with Crippen LogP contribution in [0.1, 0.15) is 39.7 Å². The summed E-state index contributed by atoms with van der Waals surface area (Å²) in [4.78, 5) is 0. The van der Waals surface area contributed by atoms with E-state index in [1.807, 2.05) is 7.05 Å². The summed E-state index contributed by atoms with van der Waals surface area (Å²) in [6, 6.07) is 8.97. The van der Waals surface area contributed by atoms with Crippen LogP contribution in [0.5, 0.6) is 5.75 Å². The molecule has 0 saturated carbocycles. The van der Waals surface area contributed by atoms with Crippen molar-refractivity contribution in [1.82, 2.24) is 5.32 Å². The second-order valence-electron chi connectivity index (χ2n) is 5.22. The number of aryl methyl sites for hydroxylation is 1. The average molecular weight is 249 g/mol. The standard InChI is InChI=1S/C16H27NO/c1-6-15-7-9-16(10-8-15)18-14(4)12(2)11-13(3)17-5/h7-10,12-14,17H,6,11H2,1-5H3. The third kappa shape index (κ3) is 4.69. The zero-order valence-corrected chi connectivity index (χ0v) is 12.4. The second kappa shape index (κ2) is 7.42. The monoisotopic (exact) mass is 249 g/mol. The summed E-state index contributed by atoms with van der Waals surface area (Å²) < 4.78 is 5.99. The van der Waals surface area contributed by atoms with Gasteiger partial charge >= 0.3 is 0 Å². The van der Waals surface area contributed by atoms with Gasteiger partial charge in [0.15, 0.2) is 0 Å². The molecule has 0 spiro atoms. The molecule has 0 radical (unpaired) electrons. The van der Waals surface area contributed by atoms with Gasteiger partial charge in [-0.1, -0.05) is 26.0 Å². The summed E-state index contributed by atoms with van der Waals surface area (Å²) in [6.07, 6.45) is 2.45. The van der Waals surface area contributed by atoms with Crippen molar-refractivity contribution in [1.29, 1.82) is 0 Å². The van der Waals surface area contributed by atoms with Gasteiger partial charge in [-0.3, -0.25) is 0 Å². The van der Waals surface area contributed by atoms with E-state index in [4.69, 9.17) is 4.74 Å². The Morgan fingerprint density at radius 1 is 1.11 bits per heavy atom. The largest absolute Gasteiger partial charge is 0.490 e. The molecular weight excluding hydrogens is 222 g/mol. The lowest BCUT2D eigenvalue weighted by molar-refractivity contribution is 0.149. The number of nitrogens with one attached hydrogen (secondary N) is 1. The Labute approximate surface area is 112 Å². The van der Waals surface area contributed by atoms with Crippen LogP contribution in [-0.2, 0) is 6.42 Å². The van der Waals surface area contributed by atoms with Crippen molar-refractivity contribution >= 4 is 0 Å². The fourth-order valence-corrected chi connectivity index (χ4v) is 2.00. The van der Waals surface area contributed by atoms with E-state index in [-0.39, 0.29) is 6.10 Å². The van der Waals surface area contributed by atoms with E-state index in [1.165, 1.54) is 5.56 Å². The molecule has 1 aromatic carbocycles. The Kier molecular flexibility index (Phi) is 6.20. The first kappa shape index (κ1) is 15.0. The first-order valence-electron chi connectivity index (χ1n) is 6.99. The van der Waals surface area contributed by atoms with Gasteiger partial charge in [0.25, 0.3) is 0 Å². The number of hydrogen-bond acceptors (Lipinski definition) is 2. The minimum absolute atomic E-state index is 0.244. The second-order valence-corrected chi connectivity index (χ2v) is 5.22. The van der Waals surface area contributed by atoms with Crippen LogP contribution in [0.3, 0.4) is 0 Å². The van der Waals surface area contributed by atoms with Crippen LogP contribution < -0.4 is 10.1 Å². The predicted molar refractivity (Wildman–Crippen MR) is 78.2 cm³/mol. The van der Waals surface area contributed by atoms with E-state index in [2.05, 4.69) is 57.3 Å². The van der Waals surface area contributed by atoms with Crippen molar-refractivity contribution in [2.75, 3.05) is 7.05 Å². The van der Waals surface area contributed by atoms with Crippen LogP contribution in [-0.4, -0.2) is 19.2 Å². The molecule has 0 aliphatic heterocycles. The van der Waals surface area contributed by atoms with Gasteiger partial charge in [-0.05, 0) is 57.4 Å². The third-order valence-corrected chi connectivity index (χ3v) is 3.67. The summed E-state index contributed by atoms with van der Waals surface area (Å²) >= 11 is 0. The minimum atomic E-state index is 0.244. The van der Waals surface area contributed by atoms with Crippen LogP contribution in [0.4, 0.5) is 0 Å². The van der Waals surface area contributed by atoms with Crippen LogP contribution >= 0.6 is 0 Å². The smallest absolute Gasteiger partial charge is 0.119 e. The molecule has 18 heavy (non-hydrogen) atoms. The van der Waals surface area contributed by atoms with Crippen molar-refractivity contribution in [3.63, 3.8) is 0 Å². The van der Waals surface area contributed by atoms with E-state index >= 15 is 0 Å². The fraction of sp³-hybridized carbons (Fsp3) is 0.625. The van der Waals surface area contributed by atoms with Gasteiger partial charge in [0.1, 0.15) is 5.75 Å². The molecule has 0 fully saturated rings. The molecule has 0 saturated heterocycles. The number of rotatable bonds is 7. The SMILES string of the molecule is CCc1ccc(OC(C)C(C)CC(C)NC)cc1. The highest BCUT2D eigenvalue weighted by atomic mass is 16.5. The zero-order chi connectivity index (χ0) is 13.5. The molecule has 102 valence electrons. The van der Waals surface area contributed by atoms with E-state index in [9.17, 15) is 0 Å². The van der Waals surface area contributed by atoms with Gasteiger partial charge in [0.05, 0.1) is 6.10 Å². The summed E-state index contributed by atoms with van der Waals surface area (Å²) in [6.45, 7) is 8.78.